The van der Waals surface area contributed by atoms with Crippen molar-refractivity contribution in [2.75, 3.05) is 18.0 Å². The second kappa shape index (κ2) is 4.70. The van der Waals surface area contributed by atoms with Gasteiger partial charge in [-0.05, 0) is 25.0 Å². The number of halogens is 1. The maximum absolute atomic E-state index is 5.92. The number of hydrogen-bond donors (Lipinski definition) is 0. The molecule has 0 aliphatic carbocycles. The largest absolute Gasteiger partial charge is 0.371 e. The van der Waals surface area contributed by atoms with Gasteiger partial charge in [-0.15, -0.1) is 0 Å². The van der Waals surface area contributed by atoms with E-state index in [4.69, 9.17) is 11.6 Å². The molecule has 1 saturated heterocycles. The summed E-state index contributed by atoms with van der Waals surface area (Å²) < 4.78 is 0. The van der Waals surface area contributed by atoms with E-state index in [2.05, 4.69) is 17.0 Å². The van der Waals surface area contributed by atoms with Crippen LogP contribution in [-0.4, -0.2) is 13.1 Å². The lowest BCUT2D eigenvalue weighted by Crippen LogP contribution is -2.23. The lowest BCUT2D eigenvalue weighted by Gasteiger charge is -2.22. The number of benzene rings is 1. The van der Waals surface area contributed by atoms with Crippen molar-refractivity contribution in [1.82, 2.24) is 0 Å². The van der Waals surface area contributed by atoms with Crippen LogP contribution < -0.4 is 4.90 Å². The third-order valence-electron chi connectivity index (χ3n) is 2.72. The minimum absolute atomic E-state index is 0.715. The van der Waals surface area contributed by atoms with E-state index in [1.807, 2.05) is 12.1 Å². The standard InChI is InChI=1S/C12H15ClN/c13-11-6-5-7-12(10-11)14-8-3-1-2-4-9-14/h5,7,10H,1-4,8-9H2. The minimum Gasteiger partial charge on any atom is -0.371 e. The van der Waals surface area contributed by atoms with Crippen LogP contribution in [0.5, 0.6) is 0 Å². The average Bonchev–Trinajstić information content (AvgIpc) is 2.45. The summed E-state index contributed by atoms with van der Waals surface area (Å²) in [4.78, 5) is 2.42. The van der Waals surface area contributed by atoms with Crippen LogP contribution in [0.1, 0.15) is 25.7 Å². The highest BCUT2D eigenvalue weighted by atomic mass is 35.5. The van der Waals surface area contributed by atoms with Gasteiger partial charge in [0.25, 0.3) is 0 Å². The monoisotopic (exact) mass is 208 g/mol. The van der Waals surface area contributed by atoms with E-state index in [0.29, 0.717) is 5.02 Å². The zero-order chi connectivity index (χ0) is 9.80. The maximum Gasteiger partial charge on any atom is 0.0505 e. The van der Waals surface area contributed by atoms with Crippen molar-refractivity contribution in [3.63, 3.8) is 0 Å². The first-order valence-corrected chi connectivity index (χ1v) is 5.66. The molecule has 1 fully saturated rings. The Kier molecular flexibility index (Phi) is 3.30. The van der Waals surface area contributed by atoms with Crippen molar-refractivity contribution in [3.05, 3.63) is 29.3 Å². The molecule has 0 aromatic heterocycles. The average molecular weight is 209 g/mol. The highest BCUT2D eigenvalue weighted by molar-refractivity contribution is 6.30. The molecule has 2 heteroatoms. The summed E-state index contributed by atoms with van der Waals surface area (Å²) in [6.07, 6.45) is 5.33. The topological polar surface area (TPSA) is 3.24 Å². The van der Waals surface area contributed by atoms with Crippen molar-refractivity contribution in [2.45, 2.75) is 25.7 Å². The molecular formula is C12H15ClN. The fourth-order valence-corrected chi connectivity index (χ4v) is 2.13. The summed E-state index contributed by atoms with van der Waals surface area (Å²) in [5.41, 5.74) is 1.25. The van der Waals surface area contributed by atoms with Gasteiger partial charge in [0.05, 0.1) is 5.02 Å². The van der Waals surface area contributed by atoms with Crippen LogP contribution in [0.25, 0.3) is 0 Å². The predicted octanol–water partition coefficient (Wildman–Crippen LogP) is 3.52. The molecule has 0 N–H and O–H groups in total. The van der Waals surface area contributed by atoms with Crippen LogP contribution in [0.2, 0.25) is 5.02 Å². The summed E-state index contributed by atoms with van der Waals surface area (Å²) in [7, 11) is 0. The highest BCUT2D eigenvalue weighted by Crippen LogP contribution is 2.22. The van der Waals surface area contributed by atoms with E-state index in [1.165, 1.54) is 44.5 Å². The molecule has 0 spiro atoms. The molecule has 75 valence electrons. The van der Waals surface area contributed by atoms with Crippen LogP contribution in [0.3, 0.4) is 0 Å². The molecule has 1 aromatic rings. The summed E-state index contributed by atoms with van der Waals surface area (Å²) in [5, 5.41) is 0.715. The molecule has 14 heavy (non-hydrogen) atoms. The molecule has 0 amide bonds. The molecule has 1 aliphatic heterocycles. The lowest BCUT2D eigenvalue weighted by atomic mass is 10.2. The second-order valence-electron chi connectivity index (χ2n) is 3.80. The third-order valence-corrected chi connectivity index (χ3v) is 2.94. The van der Waals surface area contributed by atoms with Gasteiger partial charge in [-0.1, -0.05) is 30.5 Å². The van der Waals surface area contributed by atoms with Crippen molar-refractivity contribution >= 4 is 17.3 Å². The van der Waals surface area contributed by atoms with Crippen LogP contribution in [0.15, 0.2) is 18.2 Å². The van der Waals surface area contributed by atoms with Gasteiger partial charge in [0.2, 0.25) is 0 Å². The predicted molar refractivity (Wildman–Crippen MR) is 61.0 cm³/mol. The first kappa shape index (κ1) is 9.85. The van der Waals surface area contributed by atoms with Gasteiger partial charge in [0, 0.05) is 24.8 Å². The Labute approximate surface area is 90.7 Å². The second-order valence-corrected chi connectivity index (χ2v) is 4.20. The molecule has 0 bridgehead atoms. The lowest BCUT2D eigenvalue weighted by molar-refractivity contribution is 0.726. The van der Waals surface area contributed by atoms with Crippen LogP contribution in [0, 0.1) is 6.07 Å². The summed E-state index contributed by atoms with van der Waals surface area (Å²) in [6.45, 7) is 2.33. The number of nitrogens with zero attached hydrogens (tertiary/aromatic N) is 1. The highest BCUT2D eigenvalue weighted by Gasteiger charge is 2.09. The molecule has 0 atom stereocenters. The van der Waals surface area contributed by atoms with Crippen molar-refractivity contribution < 1.29 is 0 Å². The minimum atomic E-state index is 0.715. The molecule has 0 saturated carbocycles. The van der Waals surface area contributed by atoms with E-state index >= 15 is 0 Å². The summed E-state index contributed by atoms with van der Waals surface area (Å²) in [6, 6.07) is 8.97. The van der Waals surface area contributed by atoms with Gasteiger partial charge < -0.3 is 4.90 Å². The molecule has 1 nitrogen and oxygen atoms in total. The summed E-state index contributed by atoms with van der Waals surface area (Å²) in [5.74, 6) is 0. The normalized spacial score (nSPS) is 17.9. The molecule has 0 unspecified atom stereocenters. The molecular weight excluding hydrogens is 194 g/mol. The Morgan fingerprint density at radius 3 is 2.50 bits per heavy atom. The van der Waals surface area contributed by atoms with Crippen LogP contribution in [-0.2, 0) is 0 Å². The maximum atomic E-state index is 5.92. The van der Waals surface area contributed by atoms with E-state index in [1.54, 1.807) is 0 Å². The Bertz CT molecular complexity index is 290. The van der Waals surface area contributed by atoms with Crippen molar-refractivity contribution in [1.29, 1.82) is 0 Å². The van der Waals surface area contributed by atoms with Gasteiger partial charge in [0.1, 0.15) is 0 Å². The van der Waals surface area contributed by atoms with E-state index < -0.39 is 0 Å². The summed E-state index contributed by atoms with van der Waals surface area (Å²) >= 11 is 5.92. The first-order valence-electron chi connectivity index (χ1n) is 5.28. The SMILES string of the molecule is Clc1[c]ccc(N2CCCCCC2)c1. The number of anilines is 1. The molecule has 1 heterocycles. The fraction of sp³-hybridized carbons (Fsp3) is 0.500. The zero-order valence-electron chi connectivity index (χ0n) is 8.30. The van der Waals surface area contributed by atoms with E-state index in [-0.39, 0.29) is 0 Å². The molecule has 1 aromatic carbocycles. The van der Waals surface area contributed by atoms with Crippen LogP contribution in [0.4, 0.5) is 5.69 Å². The quantitative estimate of drug-likeness (QED) is 0.683. The van der Waals surface area contributed by atoms with Gasteiger partial charge >= 0.3 is 0 Å². The van der Waals surface area contributed by atoms with Crippen molar-refractivity contribution in [2.24, 2.45) is 0 Å². The van der Waals surface area contributed by atoms with Gasteiger partial charge in [-0.25, -0.2) is 0 Å². The Hall–Kier alpha value is -0.690. The zero-order valence-corrected chi connectivity index (χ0v) is 9.06. The van der Waals surface area contributed by atoms with Gasteiger partial charge in [0.15, 0.2) is 0 Å². The smallest absolute Gasteiger partial charge is 0.0505 e. The van der Waals surface area contributed by atoms with Gasteiger partial charge in [-0.2, -0.15) is 0 Å². The molecule has 1 aliphatic rings. The third kappa shape index (κ3) is 2.42. The Morgan fingerprint density at radius 1 is 1.14 bits per heavy atom. The Balaban J connectivity index is 2.12. The van der Waals surface area contributed by atoms with E-state index in [0.717, 1.165) is 0 Å². The van der Waals surface area contributed by atoms with Gasteiger partial charge in [-0.3, -0.25) is 0 Å². The number of hydrogen-bond acceptors (Lipinski definition) is 1. The van der Waals surface area contributed by atoms with Crippen molar-refractivity contribution in [3.8, 4) is 0 Å². The Morgan fingerprint density at radius 2 is 1.86 bits per heavy atom. The first-order chi connectivity index (χ1) is 6.86. The molecule has 2 rings (SSSR count). The fourth-order valence-electron chi connectivity index (χ4n) is 1.95. The number of rotatable bonds is 1. The van der Waals surface area contributed by atoms with Crippen LogP contribution >= 0.6 is 11.6 Å². The van der Waals surface area contributed by atoms with E-state index in [9.17, 15) is 0 Å². The molecule has 1 radical (unpaired) electrons.